The lowest BCUT2D eigenvalue weighted by molar-refractivity contribution is -0.160. The number of aliphatic hydroxyl groups excluding tert-OH is 1. The second kappa shape index (κ2) is 52.9. The first-order chi connectivity index (χ1) is 65.6. The molecule has 52 heteroatoms. The molecule has 12 aromatic rings. The van der Waals surface area contributed by atoms with Crippen LogP contribution < -0.4 is 35.9 Å². The van der Waals surface area contributed by atoms with Gasteiger partial charge >= 0.3 is 58.5 Å². The molecule has 0 saturated heterocycles. The zero-order chi connectivity index (χ0) is 104. The van der Waals surface area contributed by atoms with Crippen LogP contribution >= 0.6 is 80.4 Å². The minimum atomic E-state index is -4.69. The molecule has 6 N–H and O–H groups in total. The Morgan fingerprint density at radius 1 is 0.457 bits per heavy atom. The number of nitrogens with two attached hydrogens (primary N) is 1. The van der Waals surface area contributed by atoms with Gasteiger partial charge in [0, 0.05) is 150 Å². The van der Waals surface area contributed by atoms with Crippen LogP contribution in [0.4, 0.5) is 107 Å². The first-order valence-electron chi connectivity index (χ1n) is 40.1. The number of nitrogen functional groups attached to an aromatic ring is 1. The SMILES string of the molecule is COCCN(Cc1ccc(-c2cc3nccc(Oc4ccc(N)cc4F)c3s2)nc1)C(=O)OC(C)(C)C.COCCN(Cc1ccc(-c2cc3nccc(Oc4ccc(NC(=O)OCC(F)(F)F)cc4F)c3s2)nc1)C(=O)OC(C)(C)C.COCCNCc1ccc(-c2cc3nccc(Oc4ccc(NC(=O)OCC(F)(F)F)cc4F)c3s2)nc1.O=C(Cl)OC(Cl)(Cl)Cl.O=CC(F)(F)F.OCC(F)(F)F. The number of rotatable bonds is 28. The van der Waals surface area contributed by atoms with E-state index in [4.69, 9.17) is 88.3 Å². The Labute approximate surface area is 819 Å². The maximum atomic E-state index is 14.8. The number of hydrogen-bond donors (Lipinski definition) is 5. The molecule has 0 saturated carbocycles. The maximum absolute atomic E-state index is 14.8. The van der Waals surface area contributed by atoms with Gasteiger partial charge in [-0.2, -0.15) is 52.7 Å². The molecule has 0 bridgehead atoms. The topological polar surface area (TPSA) is 370 Å². The Morgan fingerprint density at radius 2 is 0.800 bits per heavy atom. The molecule has 4 amide bonds. The van der Waals surface area contributed by atoms with E-state index in [9.17, 15) is 89.8 Å². The number of fused-ring (bicyclic) bond motifs is 3. The number of ether oxygens (including phenoxy) is 11. The number of nitrogens with one attached hydrogen (secondary N) is 3. The minimum absolute atomic E-state index is 0.0853. The molecule has 0 spiro atoms. The van der Waals surface area contributed by atoms with Crippen LogP contribution in [0.1, 0.15) is 58.2 Å². The van der Waals surface area contributed by atoms with Crippen molar-refractivity contribution < 1.29 is 152 Å². The molecule has 3 aromatic carbocycles. The van der Waals surface area contributed by atoms with Crippen molar-refractivity contribution in [1.29, 1.82) is 0 Å². The van der Waals surface area contributed by atoms with Crippen LogP contribution in [0.3, 0.4) is 0 Å². The summed E-state index contributed by atoms with van der Waals surface area (Å²) in [6, 6.07) is 32.9. The van der Waals surface area contributed by atoms with Crippen LogP contribution in [0.2, 0.25) is 0 Å². The van der Waals surface area contributed by atoms with Crippen molar-refractivity contribution in [3.63, 3.8) is 0 Å². The summed E-state index contributed by atoms with van der Waals surface area (Å²) in [5.41, 5.74) is 10.1. The summed E-state index contributed by atoms with van der Waals surface area (Å²) in [5, 5.41) is 14.6. The number of methoxy groups -OCH3 is 3. The molecule has 0 aliphatic rings. The smallest absolute Gasteiger partial charge is 0.446 e. The zero-order valence-electron chi connectivity index (χ0n) is 74.6. The molecule has 9 aromatic heterocycles. The molecule has 0 radical (unpaired) electrons. The summed E-state index contributed by atoms with van der Waals surface area (Å²) < 4.78 is 236. The van der Waals surface area contributed by atoms with Crippen LogP contribution in [0.15, 0.2) is 165 Å². The average molecular weight is 2120 g/mol. The first kappa shape index (κ1) is 115. The van der Waals surface area contributed by atoms with Gasteiger partial charge in [-0.1, -0.05) is 18.2 Å². The number of nitrogens with zero attached hydrogens (tertiary/aromatic N) is 8. The number of aliphatic hydroxyl groups is 1. The normalized spacial score (nSPS) is 11.6. The maximum Gasteiger partial charge on any atom is 0.446 e. The number of benzene rings is 3. The Bertz CT molecular complexity index is 6080. The Hall–Kier alpha value is -12.2. The summed E-state index contributed by atoms with van der Waals surface area (Å²) in [7, 11) is 4.79. The molecule has 0 unspecified atom stereocenters. The lowest BCUT2D eigenvalue weighted by Crippen LogP contribution is -2.38. The highest BCUT2D eigenvalue weighted by molar-refractivity contribution is 7.23. The Balaban J connectivity index is 0.000000260. The van der Waals surface area contributed by atoms with Gasteiger partial charge in [0.05, 0.1) is 95.3 Å². The fourth-order valence-corrected chi connectivity index (χ4v) is 14.3. The fraction of sp³-hybridized carbons (Fsp3) is 0.318. The van der Waals surface area contributed by atoms with Gasteiger partial charge in [0.1, 0.15) is 35.1 Å². The molecule has 30 nitrogen and oxygen atoms in total. The number of anilines is 3. The number of aromatic nitrogens is 6. The van der Waals surface area contributed by atoms with Crippen LogP contribution in [-0.4, -0.2) is 201 Å². The van der Waals surface area contributed by atoms with Gasteiger partial charge in [0.25, 0.3) is 0 Å². The van der Waals surface area contributed by atoms with E-state index < -0.39 is 113 Å². The van der Waals surface area contributed by atoms with E-state index in [0.717, 1.165) is 71.6 Å². The molecular formula is C88H85Cl4F15N12O18S3. The molecule has 12 rings (SSSR count). The molecule has 9 heterocycles. The Kier molecular flexibility index (Phi) is 43.3. The van der Waals surface area contributed by atoms with E-state index in [-0.39, 0.29) is 35.2 Å². The van der Waals surface area contributed by atoms with Crippen molar-refractivity contribution in [2.45, 2.75) is 101 Å². The van der Waals surface area contributed by atoms with Gasteiger partial charge in [-0.15, -0.1) is 34.0 Å². The van der Waals surface area contributed by atoms with Crippen LogP contribution in [0, 0.1) is 17.5 Å². The molecule has 0 fully saturated rings. The number of carbonyl (C=O) groups excluding carboxylic acids is 6. The number of hydrogen-bond acceptors (Lipinski definition) is 29. The first-order valence-corrected chi connectivity index (χ1v) is 44.0. The monoisotopic (exact) mass is 2120 g/mol. The highest BCUT2D eigenvalue weighted by Gasteiger charge is 2.33. The highest BCUT2D eigenvalue weighted by Crippen LogP contribution is 2.44. The third kappa shape index (κ3) is 41.3. The van der Waals surface area contributed by atoms with Crippen LogP contribution in [-0.2, 0) is 62.3 Å². The molecule has 0 aliphatic heterocycles. The summed E-state index contributed by atoms with van der Waals surface area (Å²) >= 11 is 23.6. The molecule has 0 aliphatic carbocycles. The summed E-state index contributed by atoms with van der Waals surface area (Å²) in [6.45, 7) is 9.72. The number of halogens is 19. The molecule has 0 atom stereocenters. The van der Waals surface area contributed by atoms with Crippen molar-refractivity contribution in [2.75, 3.05) is 97.0 Å². The van der Waals surface area contributed by atoms with Crippen molar-refractivity contribution in [1.82, 2.24) is 45.0 Å². The number of pyridine rings is 6. The zero-order valence-corrected chi connectivity index (χ0v) is 80.1. The van der Waals surface area contributed by atoms with Gasteiger partial charge in [-0.3, -0.25) is 45.3 Å². The van der Waals surface area contributed by atoms with Crippen LogP contribution in [0.5, 0.6) is 34.5 Å². The number of carbonyl (C=O) groups is 6. The van der Waals surface area contributed by atoms with E-state index in [2.05, 4.69) is 61.0 Å². The van der Waals surface area contributed by atoms with Crippen LogP contribution in [0.25, 0.3) is 62.4 Å². The summed E-state index contributed by atoms with van der Waals surface area (Å²) in [4.78, 5) is 99.3. The average Bonchev–Trinajstić information content (AvgIpc) is 1.65. The highest BCUT2D eigenvalue weighted by atomic mass is 35.6. The van der Waals surface area contributed by atoms with Crippen molar-refractivity contribution in [2.24, 2.45) is 0 Å². The van der Waals surface area contributed by atoms with E-state index >= 15 is 0 Å². The van der Waals surface area contributed by atoms with E-state index in [0.29, 0.717) is 95.1 Å². The van der Waals surface area contributed by atoms with E-state index in [1.165, 1.54) is 82.8 Å². The predicted octanol–water partition coefficient (Wildman–Crippen LogP) is 24.2. The standard InChI is InChI=1S/C30H30F4N4O6S.C27H29FN4O4S.C25H22F4N4O4S.C2Cl4O2.C2H3F3O.C2HF3O/c1-29(2,3)44-28(40)38(11-12-41-4)16-18-5-7-21(36-15-18)25-14-22-26(45-25)24(9-10-35-22)43-23-8-6-19(13-20(23)31)37-27(39)42-17-30(32,33)34;1-27(2,3)36-26(33)32(11-12-34-4)16-17-5-7-20(31-15-17)24-14-21-25(37-24)23(9-10-30-21)35-22-8-6-18(29)13-19(22)28;1-35-9-8-30-12-15-2-4-18(32-13-15)22-11-19-23(38-22)21(6-7-31-19)37-20-5-3-16(10-17(20)26)33-24(34)36-14-25(27,28)29;3-1(7)8-2(4,5)6;2*3-2(4,5)1-6/h5-10,13-15H,11-12,16-17H2,1-4H3,(H,37,39);5-10,13-15H,11-12,16,29H2,1-4H3;2-7,10-11,13,30H,8-9,12,14H2,1H3,(H,33,34);;6H,1H2;1H. The Morgan fingerprint density at radius 3 is 1.08 bits per heavy atom. The number of alkyl halides is 15. The van der Waals surface area contributed by atoms with E-state index in [1.54, 1.807) is 101 Å². The van der Waals surface area contributed by atoms with Gasteiger partial charge in [0.2, 0.25) is 6.29 Å². The van der Waals surface area contributed by atoms with E-state index in [1.807, 2.05) is 86.0 Å². The van der Waals surface area contributed by atoms with Gasteiger partial charge < -0.3 is 78.1 Å². The van der Waals surface area contributed by atoms with Gasteiger partial charge in [-0.05, 0) is 166 Å². The second-order valence-corrected chi connectivity index (χ2v) is 35.8. The third-order valence-electron chi connectivity index (χ3n) is 16.6. The quantitative estimate of drug-likeness (QED) is 0.00578. The molecular weight excluding hydrogens is 2040 g/mol. The number of amides is 4. The van der Waals surface area contributed by atoms with Crippen molar-refractivity contribution >= 4 is 164 Å². The van der Waals surface area contributed by atoms with Gasteiger partial charge in [0.15, 0.2) is 47.9 Å². The fourth-order valence-electron chi connectivity index (χ4n) is 10.7. The number of thiophene rings is 3. The third-order valence-corrected chi connectivity index (χ3v) is 20.4. The molecule has 756 valence electrons. The largest absolute Gasteiger partial charge is 0.453 e. The second-order valence-electron chi connectivity index (χ2n) is 30.2. The lowest BCUT2D eigenvalue weighted by Gasteiger charge is -2.27. The summed E-state index contributed by atoms with van der Waals surface area (Å²) in [5.74, 6) is -1.33. The number of aldehydes is 1. The minimum Gasteiger partial charge on any atom is -0.453 e. The molecule has 140 heavy (non-hydrogen) atoms. The predicted molar refractivity (Wildman–Crippen MR) is 493 cm³/mol. The van der Waals surface area contributed by atoms with Gasteiger partial charge in [-0.25, -0.2) is 37.1 Å². The van der Waals surface area contributed by atoms with Crippen molar-refractivity contribution in [3.8, 4) is 66.2 Å². The lowest BCUT2D eigenvalue weighted by atomic mass is 10.2. The summed E-state index contributed by atoms with van der Waals surface area (Å²) in [6.07, 6.45) is -13.2. The van der Waals surface area contributed by atoms with Crippen molar-refractivity contribution in [3.05, 3.63) is 199 Å².